The fourth-order valence-electron chi connectivity index (χ4n) is 3.14. The van der Waals surface area contributed by atoms with E-state index in [9.17, 15) is 14.4 Å². The number of carbonyl (C=O) groups excluding carboxylic acids is 3. The van der Waals surface area contributed by atoms with Gasteiger partial charge in [-0.3, -0.25) is 14.5 Å². The second-order valence-electron chi connectivity index (χ2n) is 6.59. The highest BCUT2D eigenvalue weighted by molar-refractivity contribution is 6.02. The predicted octanol–water partition coefficient (Wildman–Crippen LogP) is 2.57. The Hall–Kier alpha value is -3.13. The summed E-state index contributed by atoms with van der Waals surface area (Å²) in [5.41, 5.74) is 2.42. The van der Waals surface area contributed by atoms with E-state index < -0.39 is 5.97 Å². The molecular formula is C21H27N3O5. The van der Waals surface area contributed by atoms with Crippen molar-refractivity contribution in [1.82, 2.24) is 9.88 Å². The molecule has 8 nitrogen and oxygen atoms in total. The number of aromatic nitrogens is 1. The minimum Gasteiger partial charge on any atom is -0.495 e. The molecule has 1 amide bonds. The first-order chi connectivity index (χ1) is 13.8. The van der Waals surface area contributed by atoms with Crippen molar-refractivity contribution in [2.24, 2.45) is 0 Å². The monoisotopic (exact) mass is 401 g/mol. The summed E-state index contributed by atoms with van der Waals surface area (Å²) in [6.45, 7) is 5.88. The largest absolute Gasteiger partial charge is 0.495 e. The Morgan fingerprint density at radius 1 is 1.10 bits per heavy atom. The molecule has 156 valence electrons. The van der Waals surface area contributed by atoms with Crippen molar-refractivity contribution in [1.29, 1.82) is 0 Å². The van der Waals surface area contributed by atoms with Crippen molar-refractivity contribution in [2.45, 2.75) is 20.8 Å². The minimum absolute atomic E-state index is 0.0389. The number of H-pyrrole nitrogens is 1. The molecule has 0 fully saturated rings. The van der Waals surface area contributed by atoms with E-state index in [0.29, 0.717) is 40.5 Å². The zero-order valence-electron chi connectivity index (χ0n) is 17.4. The Kier molecular flexibility index (Phi) is 7.55. The standard InChI is InChI=1S/C21H27N3O5/c1-6-24(12-18(26)23-15-9-7-8-10-17(15)28-4)11-16(25)20-13(2)19(14(3)22-20)21(27)29-5/h7-10,22H,6,11-12H2,1-5H3,(H,23,26). The molecule has 1 heterocycles. The van der Waals surface area contributed by atoms with E-state index in [1.165, 1.54) is 14.2 Å². The third kappa shape index (κ3) is 5.23. The van der Waals surface area contributed by atoms with Gasteiger partial charge < -0.3 is 19.8 Å². The van der Waals surface area contributed by atoms with Crippen molar-refractivity contribution in [3.63, 3.8) is 0 Å². The van der Waals surface area contributed by atoms with E-state index in [2.05, 4.69) is 10.3 Å². The van der Waals surface area contributed by atoms with Crippen LogP contribution in [-0.4, -0.2) is 61.4 Å². The van der Waals surface area contributed by atoms with Crippen LogP contribution in [0.25, 0.3) is 0 Å². The summed E-state index contributed by atoms with van der Waals surface area (Å²) >= 11 is 0. The number of benzene rings is 1. The van der Waals surface area contributed by atoms with Gasteiger partial charge in [-0.25, -0.2) is 4.79 Å². The highest BCUT2D eigenvalue weighted by Gasteiger charge is 2.24. The van der Waals surface area contributed by atoms with Crippen LogP contribution in [0.3, 0.4) is 0 Å². The fraction of sp³-hybridized carbons (Fsp3) is 0.381. The van der Waals surface area contributed by atoms with E-state index in [4.69, 9.17) is 9.47 Å². The van der Waals surface area contributed by atoms with Gasteiger partial charge in [0.25, 0.3) is 0 Å². The molecule has 0 radical (unpaired) electrons. The van der Waals surface area contributed by atoms with Gasteiger partial charge in [0.2, 0.25) is 5.91 Å². The molecule has 29 heavy (non-hydrogen) atoms. The molecule has 0 aliphatic heterocycles. The number of methoxy groups -OCH3 is 2. The average molecular weight is 401 g/mol. The highest BCUT2D eigenvalue weighted by atomic mass is 16.5. The number of carbonyl (C=O) groups is 3. The fourth-order valence-corrected chi connectivity index (χ4v) is 3.14. The molecule has 0 saturated carbocycles. The number of hydrogen-bond acceptors (Lipinski definition) is 6. The molecule has 0 unspecified atom stereocenters. The van der Waals surface area contributed by atoms with Crippen LogP contribution in [0.15, 0.2) is 24.3 Å². The van der Waals surface area contributed by atoms with Gasteiger partial charge in [0.05, 0.1) is 44.3 Å². The van der Waals surface area contributed by atoms with Crippen LogP contribution in [0.2, 0.25) is 0 Å². The van der Waals surface area contributed by atoms with Crippen LogP contribution in [0, 0.1) is 13.8 Å². The SMILES string of the molecule is CCN(CC(=O)Nc1ccccc1OC)CC(=O)c1[nH]c(C)c(C(=O)OC)c1C. The Labute approximate surface area is 170 Å². The number of aryl methyl sites for hydroxylation is 1. The maximum atomic E-state index is 12.8. The van der Waals surface area contributed by atoms with Gasteiger partial charge in [0, 0.05) is 5.69 Å². The van der Waals surface area contributed by atoms with E-state index in [1.54, 1.807) is 36.9 Å². The number of Topliss-reactive ketones (excluding diaryl/α,β-unsaturated/α-hetero) is 1. The first kappa shape index (κ1) is 22.2. The minimum atomic E-state index is -0.487. The molecular weight excluding hydrogens is 374 g/mol. The smallest absolute Gasteiger partial charge is 0.339 e. The number of esters is 1. The third-order valence-electron chi connectivity index (χ3n) is 4.67. The molecule has 1 aromatic heterocycles. The summed E-state index contributed by atoms with van der Waals surface area (Å²) in [6, 6.07) is 7.12. The zero-order valence-corrected chi connectivity index (χ0v) is 17.4. The lowest BCUT2D eigenvalue weighted by Gasteiger charge is -2.19. The number of ketones is 1. The molecule has 0 bridgehead atoms. The number of nitrogens with zero attached hydrogens (tertiary/aromatic N) is 1. The Morgan fingerprint density at radius 3 is 2.41 bits per heavy atom. The second-order valence-corrected chi connectivity index (χ2v) is 6.59. The molecule has 2 N–H and O–H groups in total. The molecule has 0 atom stereocenters. The molecule has 0 saturated heterocycles. The third-order valence-corrected chi connectivity index (χ3v) is 4.67. The number of para-hydroxylation sites is 2. The zero-order chi connectivity index (χ0) is 21.6. The number of amides is 1. The number of likely N-dealkylation sites (N-methyl/N-ethyl adjacent to an activating group) is 1. The number of nitrogens with one attached hydrogen (secondary N) is 2. The van der Waals surface area contributed by atoms with Crippen LogP contribution in [0.5, 0.6) is 5.75 Å². The van der Waals surface area contributed by atoms with Crippen LogP contribution < -0.4 is 10.1 Å². The molecule has 2 rings (SSSR count). The van der Waals surface area contributed by atoms with Gasteiger partial charge in [-0.2, -0.15) is 0 Å². The van der Waals surface area contributed by atoms with Crippen LogP contribution in [0.4, 0.5) is 5.69 Å². The number of rotatable bonds is 9. The van der Waals surface area contributed by atoms with E-state index >= 15 is 0 Å². The maximum absolute atomic E-state index is 12.8. The first-order valence-corrected chi connectivity index (χ1v) is 9.28. The summed E-state index contributed by atoms with van der Waals surface area (Å²) < 4.78 is 10.0. The molecule has 8 heteroatoms. The maximum Gasteiger partial charge on any atom is 0.339 e. The lowest BCUT2D eigenvalue weighted by Crippen LogP contribution is -2.37. The van der Waals surface area contributed by atoms with Crippen molar-refractivity contribution < 1.29 is 23.9 Å². The number of hydrogen-bond donors (Lipinski definition) is 2. The summed E-state index contributed by atoms with van der Waals surface area (Å²) in [5.74, 6) is -0.377. The highest BCUT2D eigenvalue weighted by Crippen LogP contribution is 2.23. The summed E-state index contributed by atoms with van der Waals surface area (Å²) in [7, 11) is 2.83. The summed E-state index contributed by atoms with van der Waals surface area (Å²) in [5, 5.41) is 2.80. The van der Waals surface area contributed by atoms with E-state index in [0.717, 1.165) is 0 Å². The Bertz CT molecular complexity index is 904. The summed E-state index contributed by atoms with van der Waals surface area (Å²) in [6.07, 6.45) is 0. The molecule has 1 aromatic carbocycles. The van der Waals surface area contributed by atoms with Gasteiger partial charge in [0.15, 0.2) is 5.78 Å². The van der Waals surface area contributed by atoms with Crippen molar-refractivity contribution in [3.05, 3.63) is 46.8 Å². The molecule has 2 aromatic rings. The van der Waals surface area contributed by atoms with E-state index in [-0.39, 0.29) is 24.8 Å². The molecule has 0 aliphatic rings. The first-order valence-electron chi connectivity index (χ1n) is 9.28. The van der Waals surface area contributed by atoms with Crippen LogP contribution in [-0.2, 0) is 9.53 Å². The normalized spacial score (nSPS) is 10.7. The van der Waals surface area contributed by atoms with Crippen molar-refractivity contribution in [2.75, 3.05) is 39.2 Å². The van der Waals surface area contributed by atoms with Crippen LogP contribution >= 0.6 is 0 Å². The van der Waals surface area contributed by atoms with Gasteiger partial charge in [-0.05, 0) is 38.1 Å². The second kappa shape index (κ2) is 9.88. The Balaban J connectivity index is 2.07. The van der Waals surface area contributed by atoms with E-state index in [1.807, 2.05) is 13.0 Å². The lowest BCUT2D eigenvalue weighted by atomic mass is 10.1. The Morgan fingerprint density at radius 2 is 1.79 bits per heavy atom. The van der Waals surface area contributed by atoms with Crippen molar-refractivity contribution in [3.8, 4) is 5.75 Å². The number of aromatic amines is 1. The quantitative estimate of drug-likeness (QED) is 0.495. The number of ether oxygens (including phenoxy) is 2. The van der Waals surface area contributed by atoms with Gasteiger partial charge in [0.1, 0.15) is 5.75 Å². The lowest BCUT2D eigenvalue weighted by molar-refractivity contribution is -0.117. The predicted molar refractivity (Wildman–Crippen MR) is 110 cm³/mol. The van der Waals surface area contributed by atoms with Gasteiger partial charge >= 0.3 is 5.97 Å². The van der Waals surface area contributed by atoms with Crippen LogP contribution in [0.1, 0.15) is 39.0 Å². The molecule has 0 spiro atoms. The average Bonchev–Trinajstić information content (AvgIpc) is 3.01. The number of anilines is 1. The summed E-state index contributed by atoms with van der Waals surface area (Å²) in [4.78, 5) is 41.8. The van der Waals surface area contributed by atoms with Gasteiger partial charge in [-0.15, -0.1) is 0 Å². The van der Waals surface area contributed by atoms with Crippen molar-refractivity contribution >= 4 is 23.3 Å². The van der Waals surface area contributed by atoms with Gasteiger partial charge in [-0.1, -0.05) is 19.1 Å². The molecule has 0 aliphatic carbocycles. The topological polar surface area (TPSA) is 101 Å².